The molecule has 0 aliphatic carbocycles. The van der Waals surface area contributed by atoms with Crippen molar-refractivity contribution in [3.05, 3.63) is 53.7 Å². The van der Waals surface area contributed by atoms with Crippen molar-refractivity contribution in [3.8, 4) is 5.75 Å². The van der Waals surface area contributed by atoms with Gasteiger partial charge in [0.05, 0.1) is 37.4 Å². The minimum atomic E-state index is -3.69. The topological polar surface area (TPSA) is 118 Å². The van der Waals surface area contributed by atoms with Crippen LogP contribution in [-0.4, -0.2) is 58.3 Å². The van der Waals surface area contributed by atoms with Crippen molar-refractivity contribution in [3.63, 3.8) is 0 Å². The Hall–Kier alpha value is -3.12. The fourth-order valence-corrected chi connectivity index (χ4v) is 4.67. The molecule has 0 atom stereocenters. The molecule has 192 valence electrons. The molecule has 1 saturated heterocycles. The van der Waals surface area contributed by atoms with Crippen LogP contribution in [0.2, 0.25) is 5.02 Å². The molecule has 3 N–H and O–H groups in total. The monoisotopic (exact) mass is 532 g/mol. The van der Waals surface area contributed by atoms with E-state index in [1.807, 2.05) is 25.1 Å². The Morgan fingerprint density at radius 2 is 1.89 bits per heavy atom. The number of halogens is 1. The van der Waals surface area contributed by atoms with E-state index in [9.17, 15) is 8.42 Å². The number of aromatic nitrogens is 2. The lowest BCUT2D eigenvalue weighted by atomic mass is 10.2. The molecule has 2 heterocycles. The summed E-state index contributed by atoms with van der Waals surface area (Å²) in [6.07, 6.45) is 2.31. The summed E-state index contributed by atoms with van der Waals surface area (Å²) in [5, 5.41) is 6.46. The van der Waals surface area contributed by atoms with Crippen molar-refractivity contribution in [1.82, 2.24) is 14.7 Å². The highest BCUT2D eigenvalue weighted by Crippen LogP contribution is 2.33. The Morgan fingerprint density at radius 3 is 2.64 bits per heavy atom. The highest BCUT2D eigenvalue weighted by Gasteiger charge is 2.18. The first-order chi connectivity index (χ1) is 17.4. The third-order valence-corrected chi connectivity index (χ3v) is 7.24. The van der Waals surface area contributed by atoms with Crippen molar-refractivity contribution in [2.24, 2.45) is 0 Å². The molecule has 4 rings (SSSR count). The molecule has 0 radical (unpaired) electrons. The number of hydrogen-bond acceptors (Lipinski definition) is 9. The number of nitrogens with one attached hydrogen (secondary N) is 3. The first kappa shape index (κ1) is 26.0. The second kappa shape index (κ2) is 11.7. The SMILES string of the molecule is CCCOc1cc(N2CCOCC2)ccc1Nc1ncc(Cl)c(Nc2ccccc2S(=O)(=O)NC)n1. The van der Waals surface area contributed by atoms with Crippen LogP contribution in [0.3, 0.4) is 0 Å². The number of anilines is 5. The minimum Gasteiger partial charge on any atom is -0.491 e. The second-order valence-corrected chi connectivity index (χ2v) is 10.2. The Kier molecular flexibility index (Phi) is 8.47. The molecule has 1 fully saturated rings. The zero-order chi connectivity index (χ0) is 25.5. The van der Waals surface area contributed by atoms with Gasteiger partial charge in [-0.15, -0.1) is 0 Å². The van der Waals surface area contributed by atoms with E-state index in [1.165, 1.54) is 19.3 Å². The van der Waals surface area contributed by atoms with Gasteiger partial charge in [-0.1, -0.05) is 30.7 Å². The standard InChI is InChI=1S/C24H29ClN6O4S/c1-3-12-35-21-15-17(31-10-13-34-14-11-31)8-9-19(21)29-24-27-16-18(25)23(30-24)28-20-6-4-5-7-22(20)36(32,33)26-2/h4-9,15-16,26H,3,10-14H2,1-2H3,(H2,27,28,29,30). The summed E-state index contributed by atoms with van der Waals surface area (Å²) < 4.78 is 38.6. The summed E-state index contributed by atoms with van der Waals surface area (Å²) in [6, 6.07) is 12.4. The van der Waals surface area contributed by atoms with Gasteiger partial charge in [0.15, 0.2) is 5.82 Å². The summed E-state index contributed by atoms with van der Waals surface area (Å²) in [4.78, 5) is 11.1. The van der Waals surface area contributed by atoms with Gasteiger partial charge in [0.25, 0.3) is 0 Å². The maximum Gasteiger partial charge on any atom is 0.242 e. The van der Waals surface area contributed by atoms with Crippen molar-refractivity contribution in [2.45, 2.75) is 18.2 Å². The van der Waals surface area contributed by atoms with Crippen molar-refractivity contribution in [1.29, 1.82) is 0 Å². The summed E-state index contributed by atoms with van der Waals surface area (Å²) in [6.45, 7) is 5.63. The van der Waals surface area contributed by atoms with Gasteiger partial charge in [0.1, 0.15) is 15.7 Å². The summed E-state index contributed by atoms with van der Waals surface area (Å²) in [5.74, 6) is 1.21. The number of hydrogen-bond donors (Lipinski definition) is 3. The van der Waals surface area contributed by atoms with E-state index in [1.54, 1.807) is 18.2 Å². The lowest BCUT2D eigenvalue weighted by Crippen LogP contribution is -2.36. The highest BCUT2D eigenvalue weighted by molar-refractivity contribution is 7.89. The number of rotatable bonds is 10. The molecule has 12 heteroatoms. The van der Waals surface area contributed by atoms with Gasteiger partial charge in [0.2, 0.25) is 16.0 Å². The van der Waals surface area contributed by atoms with Crippen molar-refractivity contribution in [2.75, 3.05) is 55.5 Å². The number of nitrogens with zero attached hydrogens (tertiary/aromatic N) is 3. The molecule has 0 spiro atoms. The predicted molar refractivity (Wildman–Crippen MR) is 142 cm³/mol. The highest BCUT2D eigenvalue weighted by atomic mass is 35.5. The Bertz CT molecular complexity index is 1300. The molecule has 1 aliphatic heterocycles. The van der Waals surface area contributed by atoms with Crippen LogP contribution in [0.15, 0.2) is 53.6 Å². The van der Waals surface area contributed by atoms with E-state index >= 15 is 0 Å². The van der Waals surface area contributed by atoms with E-state index in [4.69, 9.17) is 21.1 Å². The fourth-order valence-electron chi connectivity index (χ4n) is 3.64. The van der Waals surface area contributed by atoms with Crippen LogP contribution in [0, 0.1) is 0 Å². The molecule has 2 aromatic carbocycles. The number of benzene rings is 2. The van der Waals surface area contributed by atoms with E-state index in [-0.39, 0.29) is 21.7 Å². The van der Waals surface area contributed by atoms with E-state index in [0.29, 0.717) is 36.9 Å². The van der Waals surface area contributed by atoms with Crippen LogP contribution >= 0.6 is 11.6 Å². The van der Waals surface area contributed by atoms with Gasteiger partial charge in [-0.05, 0) is 37.7 Å². The molecule has 0 unspecified atom stereocenters. The smallest absolute Gasteiger partial charge is 0.242 e. The first-order valence-electron chi connectivity index (χ1n) is 11.6. The lowest BCUT2D eigenvalue weighted by Gasteiger charge is -2.29. The summed E-state index contributed by atoms with van der Waals surface area (Å²) >= 11 is 6.34. The van der Waals surface area contributed by atoms with Gasteiger partial charge in [0, 0.05) is 24.8 Å². The maximum atomic E-state index is 12.4. The van der Waals surface area contributed by atoms with Crippen molar-refractivity contribution >= 4 is 50.5 Å². The molecular formula is C24H29ClN6O4S. The van der Waals surface area contributed by atoms with E-state index < -0.39 is 10.0 Å². The number of para-hydroxylation sites is 1. The van der Waals surface area contributed by atoms with Crippen LogP contribution in [0.4, 0.5) is 28.8 Å². The van der Waals surface area contributed by atoms with Gasteiger partial charge in [-0.3, -0.25) is 0 Å². The third-order valence-electron chi connectivity index (χ3n) is 5.49. The summed E-state index contributed by atoms with van der Waals surface area (Å²) in [7, 11) is -2.34. The summed E-state index contributed by atoms with van der Waals surface area (Å²) in [5.41, 5.74) is 2.09. The molecule has 0 amide bonds. The van der Waals surface area contributed by atoms with Crippen molar-refractivity contribution < 1.29 is 17.9 Å². The van der Waals surface area contributed by atoms with Gasteiger partial charge < -0.3 is 25.0 Å². The van der Waals surface area contributed by atoms with Crippen LogP contribution in [0.1, 0.15) is 13.3 Å². The molecular weight excluding hydrogens is 504 g/mol. The minimum absolute atomic E-state index is 0.0747. The fraction of sp³-hybridized carbons (Fsp3) is 0.333. The van der Waals surface area contributed by atoms with E-state index in [2.05, 4.69) is 30.2 Å². The Labute approximate surface area is 216 Å². The van der Waals surface area contributed by atoms with Crippen LogP contribution in [-0.2, 0) is 14.8 Å². The molecule has 1 aliphatic rings. The quantitative estimate of drug-likeness (QED) is 0.354. The normalized spacial score (nSPS) is 13.9. The molecule has 0 bridgehead atoms. The van der Waals surface area contributed by atoms with Gasteiger partial charge in [-0.25, -0.2) is 18.1 Å². The maximum absolute atomic E-state index is 12.4. The van der Waals surface area contributed by atoms with Gasteiger partial charge in [-0.2, -0.15) is 4.98 Å². The molecule has 1 aromatic heterocycles. The van der Waals surface area contributed by atoms with Crippen LogP contribution in [0.5, 0.6) is 5.75 Å². The van der Waals surface area contributed by atoms with E-state index in [0.717, 1.165) is 25.2 Å². The van der Waals surface area contributed by atoms with Gasteiger partial charge >= 0.3 is 0 Å². The molecule has 10 nitrogen and oxygen atoms in total. The van der Waals surface area contributed by atoms with Crippen LogP contribution in [0.25, 0.3) is 0 Å². The zero-order valence-electron chi connectivity index (χ0n) is 20.1. The lowest BCUT2D eigenvalue weighted by molar-refractivity contribution is 0.122. The average molecular weight is 533 g/mol. The number of sulfonamides is 1. The number of ether oxygens (including phenoxy) is 2. The Balaban J connectivity index is 1.61. The zero-order valence-corrected chi connectivity index (χ0v) is 21.7. The second-order valence-electron chi connectivity index (χ2n) is 7.97. The van der Waals surface area contributed by atoms with Crippen LogP contribution < -0.4 is 25.0 Å². The Morgan fingerprint density at radius 1 is 1.11 bits per heavy atom. The molecule has 0 saturated carbocycles. The third kappa shape index (κ3) is 6.16. The number of morpholine rings is 1. The first-order valence-corrected chi connectivity index (χ1v) is 13.5. The largest absolute Gasteiger partial charge is 0.491 e. The molecule has 36 heavy (non-hydrogen) atoms. The average Bonchev–Trinajstić information content (AvgIpc) is 2.90. The predicted octanol–water partition coefficient (Wildman–Crippen LogP) is 4.15. The molecule has 3 aromatic rings.